The Morgan fingerprint density at radius 2 is 1.77 bits per heavy atom. The zero-order valence-corrected chi connectivity index (χ0v) is 15.6. The van der Waals surface area contributed by atoms with E-state index in [2.05, 4.69) is 53.2 Å². The van der Waals surface area contributed by atoms with Gasteiger partial charge >= 0.3 is 0 Å². The van der Waals surface area contributed by atoms with Crippen molar-refractivity contribution in [2.24, 2.45) is 0 Å². The first-order chi connectivity index (χ1) is 12.7. The number of para-hydroxylation sites is 1. The number of hydrogen-bond acceptors (Lipinski definition) is 4. The lowest BCUT2D eigenvalue weighted by Crippen LogP contribution is -2.48. The third-order valence-electron chi connectivity index (χ3n) is 4.69. The summed E-state index contributed by atoms with van der Waals surface area (Å²) in [5, 5.41) is 0. The van der Waals surface area contributed by atoms with Crippen molar-refractivity contribution < 1.29 is 4.79 Å². The third kappa shape index (κ3) is 3.48. The largest absolute Gasteiger partial charge is 0.368 e. The van der Waals surface area contributed by atoms with E-state index in [4.69, 9.17) is 0 Å². The molecule has 0 radical (unpaired) electrons. The van der Waals surface area contributed by atoms with E-state index < -0.39 is 0 Å². The maximum atomic E-state index is 12.9. The molecule has 0 aliphatic carbocycles. The predicted molar refractivity (Wildman–Crippen MR) is 107 cm³/mol. The highest BCUT2D eigenvalue weighted by Crippen LogP contribution is 2.27. The quantitative estimate of drug-likeness (QED) is 0.703. The van der Waals surface area contributed by atoms with Gasteiger partial charge in [0.05, 0.1) is 10.6 Å². The van der Waals surface area contributed by atoms with Gasteiger partial charge in [0.25, 0.3) is 5.91 Å². The summed E-state index contributed by atoms with van der Waals surface area (Å²) in [6.45, 7) is 5.28. The van der Waals surface area contributed by atoms with Crippen LogP contribution in [0.4, 0.5) is 5.69 Å². The maximum absolute atomic E-state index is 12.9. The van der Waals surface area contributed by atoms with E-state index >= 15 is 0 Å². The average Bonchev–Trinajstić information content (AvgIpc) is 3.15. The van der Waals surface area contributed by atoms with Crippen LogP contribution in [0.5, 0.6) is 0 Å². The summed E-state index contributed by atoms with van der Waals surface area (Å²) >= 11 is 1.70. The van der Waals surface area contributed by atoms with Gasteiger partial charge in [0.15, 0.2) is 0 Å². The Hall–Kier alpha value is -2.66. The van der Waals surface area contributed by atoms with Crippen LogP contribution in [0.2, 0.25) is 0 Å². The molecule has 0 N–H and O–H groups in total. The van der Waals surface area contributed by atoms with E-state index in [9.17, 15) is 4.79 Å². The van der Waals surface area contributed by atoms with Crippen LogP contribution in [0.15, 0.2) is 60.8 Å². The molecule has 2 aromatic heterocycles. The summed E-state index contributed by atoms with van der Waals surface area (Å²) in [6, 6.07) is 18.3. The second-order valence-electron chi connectivity index (χ2n) is 6.45. The molecule has 0 spiro atoms. The van der Waals surface area contributed by atoms with E-state index in [1.165, 1.54) is 10.6 Å². The maximum Gasteiger partial charge on any atom is 0.254 e. The van der Waals surface area contributed by atoms with Crippen LogP contribution >= 0.6 is 11.3 Å². The minimum atomic E-state index is 0.0923. The van der Waals surface area contributed by atoms with Crippen molar-refractivity contribution >= 4 is 22.9 Å². The van der Waals surface area contributed by atoms with Crippen molar-refractivity contribution in [1.29, 1.82) is 0 Å². The summed E-state index contributed by atoms with van der Waals surface area (Å²) in [5.74, 6) is 0.0923. The zero-order chi connectivity index (χ0) is 17.9. The topological polar surface area (TPSA) is 36.4 Å². The number of amides is 1. The lowest BCUT2D eigenvalue weighted by molar-refractivity contribution is 0.0746. The van der Waals surface area contributed by atoms with E-state index in [0.29, 0.717) is 5.56 Å². The number of aryl methyl sites for hydroxylation is 1. The molecule has 132 valence electrons. The number of piperazine rings is 1. The second-order valence-corrected chi connectivity index (χ2v) is 7.74. The Labute approximate surface area is 157 Å². The Morgan fingerprint density at radius 1 is 1.00 bits per heavy atom. The molecular weight excluding hydrogens is 342 g/mol. The second kappa shape index (κ2) is 7.30. The molecule has 4 nitrogen and oxygen atoms in total. The van der Waals surface area contributed by atoms with Crippen molar-refractivity contribution in [1.82, 2.24) is 9.88 Å². The number of anilines is 1. The summed E-state index contributed by atoms with van der Waals surface area (Å²) in [6.07, 6.45) is 1.73. The molecule has 4 rings (SSSR count). The molecule has 3 aromatic rings. The van der Waals surface area contributed by atoms with Crippen molar-refractivity contribution in [3.05, 3.63) is 71.2 Å². The molecule has 1 saturated heterocycles. The monoisotopic (exact) mass is 363 g/mol. The van der Waals surface area contributed by atoms with Crippen molar-refractivity contribution in [2.75, 3.05) is 31.1 Å². The van der Waals surface area contributed by atoms with Crippen molar-refractivity contribution in [3.63, 3.8) is 0 Å². The first kappa shape index (κ1) is 16.8. The molecule has 0 atom stereocenters. The molecule has 0 unspecified atom stereocenters. The number of hydrogen-bond donors (Lipinski definition) is 0. The Bertz CT molecular complexity index is 898. The zero-order valence-electron chi connectivity index (χ0n) is 14.8. The molecule has 0 saturated carbocycles. The fourth-order valence-electron chi connectivity index (χ4n) is 3.26. The van der Waals surface area contributed by atoms with Crippen molar-refractivity contribution in [2.45, 2.75) is 6.92 Å². The number of pyridine rings is 1. The van der Waals surface area contributed by atoms with E-state index in [1.54, 1.807) is 17.5 Å². The molecular formula is C21H21N3OS. The minimum absolute atomic E-state index is 0.0923. The fourth-order valence-corrected chi connectivity index (χ4v) is 4.09. The van der Waals surface area contributed by atoms with Crippen LogP contribution in [-0.4, -0.2) is 42.0 Å². The van der Waals surface area contributed by atoms with Crippen LogP contribution in [0.1, 0.15) is 15.2 Å². The number of rotatable bonds is 3. The Kier molecular flexibility index (Phi) is 4.71. The molecule has 1 amide bonds. The van der Waals surface area contributed by atoms with Gasteiger partial charge in [-0.25, -0.2) is 0 Å². The van der Waals surface area contributed by atoms with Gasteiger partial charge in [-0.05, 0) is 43.3 Å². The van der Waals surface area contributed by atoms with Gasteiger partial charge in [-0.2, -0.15) is 0 Å². The van der Waals surface area contributed by atoms with E-state index in [-0.39, 0.29) is 5.91 Å². The Balaban J connectivity index is 1.45. The lowest BCUT2D eigenvalue weighted by Gasteiger charge is -2.36. The average molecular weight is 363 g/mol. The van der Waals surface area contributed by atoms with Crippen LogP contribution in [0, 0.1) is 6.92 Å². The number of carbonyl (C=O) groups is 1. The number of aromatic nitrogens is 1. The summed E-state index contributed by atoms with van der Waals surface area (Å²) in [5.41, 5.74) is 2.81. The summed E-state index contributed by atoms with van der Waals surface area (Å²) in [7, 11) is 0. The molecule has 5 heteroatoms. The van der Waals surface area contributed by atoms with Gasteiger partial charge in [0.2, 0.25) is 0 Å². The molecule has 1 aromatic carbocycles. The van der Waals surface area contributed by atoms with Gasteiger partial charge in [0, 0.05) is 48.5 Å². The third-order valence-corrected chi connectivity index (χ3v) is 5.71. The van der Waals surface area contributed by atoms with Crippen LogP contribution in [0.25, 0.3) is 10.6 Å². The minimum Gasteiger partial charge on any atom is -0.368 e. The number of carbonyl (C=O) groups excluding carboxylic acids is 1. The van der Waals surface area contributed by atoms with Gasteiger partial charge in [-0.1, -0.05) is 18.2 Å². The smallest absolute Gasteiger partial charge is 0.254 e. The normalized spacial score (nSPS) is 14.5. The molecule has 26 heavy (non-hydrogen) atoms. The van der Waals surface area contributed by atoms with Crippen molar-refractivity contribution in [3.8, 4) is 10.6 Å². The number of nitrogens with zero attached hydrogens (tertiary/aromatic N) is 3. The number of benzene rings is 1. The van der Waals surface area contributed by atoms with Crippen LogP contribution < -0.4 is 4.90 Å². The fraction of sp³-hybridized carbons (Fsp3) is 0.238. The molecule has 1 aliphatic heterocycles. The molecule has 3 heterocycles. The highest BCUT2D eigenvalue weighted by atomic mass is 32.1. The highest BCUT2D eigenvalue weighted by Gasteiger charge is 2.22. The van der Waals surface area contributed by atoms with E-state index in [0.717, 1.165) is 36.8 Å². The molecule has 1 aliphatic rings. The van der Waals surface area contributed by atoms with Crippen LogP contribution in [0.3, 0.4) is 0 Å². The SMILES string of the molecule is Cc1ccc(-c2cc(C(=O)N3CCN(c4ccccc4)CC3)ccn2)s1. The first-order valence-electron chi connectivity index (χ1n) is 8.83. The first-order valence-corrected chi connectivity index (χ1v) is 9.64. The van der Waals surface area contributed by atoms with E-state index in [1.807, 2.05) is 23.1 Å². The van der Waals surface area contributed by atoms with Gasteiger partial charge < -0.3 is 9.80 Å². The predicted octanol–water partition coefficient (Wildman–Crippen LogP) is 4.08. The summed E-state index contributed by atoms with van der Waals surface area (Å²) < 4.78 is 0. The van der Waals surface area contributed by atoms with Gasteiger partial charge in [-0.15, -0.1) is 11.3 Å². The Morgan fingerprint density at radius 3 is 2.46 bits per heavy atom. The summed E-state index contributed by atoms with van der Waals surface area (Å²) in [4.78, 5) is 24.0. The van der Waals surface area contributed by atoms with Crippen LogP contribution in [-0.2, 0) is 0 Å². The van der Waals surface area contributed by atoms with Gasteiger partial charge in [0.1, 0.15) is 0 Å². The molecule has 1 fully saturated rings. The lowest BCUT2D eigenvalue weighted by atomic mass is 10.1. The van der Waals surface area contributed by atoms with Gasteiger partial charge in [-0.3, -0.25) is 9.78 Å². The standard InChI is InChI=1S/C21H21N3OS/c1-16-7-8-20(26-16)19-15-17(9-10-22-19)21(25)24-13-11-23(12-14-24)18-5-3-2-4-6-18/h2-10,15H,11-14H2,1H3. The highest BCUT2D eigenvalue weighted by molar-refractivity contribution is 7.15. The number of thiophene rings is 1. The molecule has 0 bridgehead atoms.